The van der Waals surface area contributed by atoms with E-state index in [0.29, 0.717) is 19.1 Å². The van der Waals surface area contributed by atoms with E-state index in [1.807, 2.05) is 29.4 Å². The van der Waals surface area contributed by atoms with E-state index in [-0.39, 0.29) is 16.7 Å². The standard InChI is InChI=1S/C20H25N3O3/c1-18-12-23(20(17(21)24)10-14(18)5-6-19(18,20)2)22-11-13-3-4-15-16(9-13)26-8-7-25-15/h3-4,9,11,14H,5-8,10,12H2,1-2H3,(H2,21,24)/b22-11-/t14-,18-,19-,20-/m0/s1. The Balaban J connectivity index is 1.48. The molecule has 0 spiro atoms. The van der Waals surface area contributed by atoms with Crippen LogP contribution < -0.4 is 15.2 Å². The van der Waals surface area contributed by atoms with Crippen molar-refractivity contribution in [3.8, 4) is 11.5 Å². The van der Waals surface area contributed by atoms with Gasteiger partial charge in [-0.25, -0.2) is 0 Å². The fourth-order valence-corrected chi connectivity index (χ4v) is 6.16. The first kappa shape index (κ1) is 16.0. The molecule has 2 aliphatic heterocycles. The molecule has 0 aromatic heterocycles. The molecule has 6 nitrogen and oxygen atoms in total. The second-order valence-corrected chi connectivity index (χ2v) is 8.62. The quantitative estimate of drug-likeness (QED) is 0.843. The van der Waals surface area contributed by atoms with E-state index in [1.54, 1.807) is 0 Å². The number of hydrogen-bond donors (Lipinski definition) is 1. The number of nitrogens with two attached hydrogens (primary N) is 1. The van der Waals surface area contributed by atoms with Crippen molar-refractivity contribution in [2.24, 2.45) is 27.6 Å². The third-order valence-corrected chi connectivity index (χ3v) is 7.85. The molecule has 6 heteroatoms. The summed E-state index contributed by atoms with van der Waals surface area (Å²) in [4.78, 5) is 12.6. The Bertz CT molecular complexity index is 825. The number of hydrazone groups is 1. The van der Waals surface area contributed by atoms with Gasteiger partial charge in [0.15, 0.2) is 11.5 Å². The van der Waals surface area contributed by atoms with Crippen LogP contribution in [0.25, 0.3) is 0 Å². The summed E-state index contributed by atoms with van der Waals surface area (Å²) in [5, 5.41) is 6.71. The molecule has 4 atom stereocenters. The van der Waals surface area contributed by atoms with E-state index in [4.69, 9.17) is 20.3 Å². The van der Waals surface area contributed by atoms with Crippen LogP contribution in [-0.4, -0.2) is 42.4 Å². The summed E-state index contributed by atoms with van der Waals surface area (Å²) >= 11 is 0. The molecule has 1 saturated heterocycles. The highest BCUT2D eigenvalue weighted by atomic mass is 16.6. The topological polar surface area (TPSA) is 77.2 Å². The van der Waals surface area contributed by atoms with Crippen LogP contribution in [0.2, 0.25) is 0 Å². The van der Waals surface area contributed by atoms with Gasteiger partial charge in [-0.2, -0.15) is 5.10 Å². The molecule has 4 aliphatic rings. The lowest BCUT2D eigenvalue weighted by molar-refractivity contribution is -0.135. The summed E-state index contributed by atoms with van der Waals surface area (Å²) in [7, 11) is 0. The number of amides is 1. The molecule has 2 heterocycles. The number of carbonyl (C=O) groups excluding carboxylic acids is 1. The zero-order chi connectivity index (χ0) is 18.2. The van der Waals surface area contributed by atoms with Gasteiger partial charge in [0.05, 0.1) is 6.21 Å². The maximum Gasteiger partial charge on any atom is 0.245 e. The van der Waals surface area contributed by atoms with Crippen molar-refractivity contribution in [1.29, 1.82) is 0 Å². The van der Waals surface area contributed by atoms with Gasteiger partial charge in [-0.3, -0.25) is 9.80 Å². The number of carbonyl (C=O) groups is 1. The van der Waals surface area contributed by atoms with Crippen LogP contribution in [0.3, 0.4) is 0 Å². The molecule has 138 valence electrons. The third-order valence-electron chi connectivity index (χ3n) is 7.85. The number of fused-ring (bicyclic) bond motifs is 1. The van der Waals surface area contributed by atoms with Gasteiger partial charge in [0.2, 0.25) is 5.91 Å². The highest BCUT2D eigenvalue weighted by Gasteiger charge is 2.80. The second kappa shape index (κ2) is 4.93. The molecule has 1 amide bonds. The van der Waals surface area contributed by atoms with Gasteiger partial charge in [-0.15, -0.1) is 0 Å². The smallest absolute Gasteiger partial charge is 0.245 e. The number of primary amides is 1. The van der Waals surface area contributed by atoms with E-state index in [1.165, 1.54) is 6.42 Å². The average Bonchev–Trinajstić information content (AvgIpc) is 3.08. The monoisotopic (exact) mass is 355 g/mol. The zero-order valence-electron chi connectivity index (χ0n) is 15.3. The molecule has 1 aromatic carbocycles. The van der Waals surface area contributed by atoms with Gasteiger partial charge in [-0.05, 0) is 54.4 Å². The Kier molecular flexibility index (Phi) is 3.03. The summed E-state index contributed by atoms with van der Waals surface area (Å²) in [5.74, 6) is 1.84. The Morgan fingerprint density at radius 3 is 2.81 bits per heavy atom. The van der Waals surface area contributed by atoms with Crippen LogP contribution in [0.4, 0.5) is 0 Å². The predicted molar refractivity (Wildman–Crippen MR) is 97.2 cm³/mol. The zero-order valence-corrected chi connectivity index (χ0v) is 15.3. The van der Waals surface area contributed by atoms with Crippen molar-refractivity contribution in [3.05, 3.63) is 23.8 Å². The molecule has 2 N–H and O–H groups in total. The van der Waals surface area contributed by atoms with E-state index >= 15 is 0 Å². The summed E-state index contributed by atoms with van der Waals surface area (Å²) < 4.78 is 11.2. The molecule has 2 saturated carbocycles. The fourth-order valence-electron chi connectivity index (χ4n) is 6.16. The number of ether oxygens (including phenoxy) is 2. The molecular formula is C20H25N3O3. The largest absolute Gasteiger partial charge is 0.486 e. The van der Waals surface area contributed by atoms with Crippen molar-refractivity contribution in [2.75, 3.05) is 19.8 Å². The first-order valence-corrected chi connectivity index (χ1v) is 9.42. The minimum atomic E-state index is -0.658. The minimum absolute atomic E-state index is 0.0966. The molecule has 0 radical (unpaired) electrons. The SMILES string of the molecule is C[C@@]12CC[C@H]3C[C@@]1(C(N)=O)N(/N=C\c1ccc4c(c1)OCCO4)C[C@@]32C. The number of hydrogen-bond acceptors (Lipinski definition) is 5. The van der Waals surface area contributed by atoms with Crippen LogP contribution in [0.5, 0.6) is 11.5 Å². The molecule has 3 fully saturated rings. The maximum atomic E-state index is 12.6. The highest BCUT2D eigenvalue weighted by Crippen LogP contribution is 2.75. The fraction of sp³-hybridized carbons (Fsp3) is 0.600. The normalized spacial score (nSPS) is 39.8. The van der Waals surface area contributed by atoms with Crippen LogP contribution >= 0.6 is 0 Å². The number of rotatable bonds is 3. The van der Waals surface area contributed by atoms with Crippen molar-refractivity contribution in [3.63, 3.8) is 0 Å². The van der Waals surface area contributed by atoms with Crippen LogP contribution in [0.1, 0.15) is 38.7 Å². The average molecular weight is 355 g/mol. The third kappa shape index (κ3) is 1.68. The van der Waals surface area contributed by atoms with Gasteiger partial charge >= 0.3 is 0 Å². The van der Waals surface area contributed by atoms with E-state index in [9.17, 15) is 4.79 Å². The first-order chi connectivity index (χ1) is 12.4. The predicted octanol–water partition coefficient (Wildman–Crippen LogP) is 2.16. The number of nitrogens with zero attached hydrogens (tertiary/aromatic N) is 2. The first-order valence-electron chi connectivity index (χ1n) is 9.42. The Morgan fingerprint density at radius 1 is 1.31 bits per heavy atom. The van der Waals surface area contributed by atoms with Crippen LogP contribution in [-0.2, 0) is 4.79 Å². The van der Waals surface area contributed by atoms with Crippen LogP contribution in [0, 0.1) is 16.7 Å². The Labute approximate surface area is 153 Å². The maximum absolute atomic E-state index is 12.6. The van der Waals surface area contributed by atoms with Gasteiger partial charge in [-0.1, -0.05) is 13.8 Å². The second-order valence-electron chi connectivity index (χ2n) is 8.62. The Morgan fingerprint density at radius 2 is 2.08 bits per heavy atom. The van der Waals surface area contributed by atoms with E-state index in [2.05, 4.69) is 13.8 Å². The lowest BCUT2D eigenvalue weighted by Crippen LogP contribution is -2.60. The van der Waals surface area contributed by atoms with Gasteiger partial charge in [0, 0.05) is 12.0 Å². The van der Waals surface area contributed by atoms with Gasteiger partial charge in [0.1, 0.15) is 18.8 Å². The summed E-state index contributed by atoms with van der Waals surface area (Å²) in [5.41, 5.74) is 6.24. The van der Waals surface area contributed by atoms with E-state index < -0.39 is 5.54 Å². The van der Waals surface area contributed by atoms with Crippen molar-refractivity contribution < 1.29 is 14.3 Å². The van der Waals surface area contributed by atoms with Crippen LogP contribution in [0.15, 0.2) is 23.3 Å². The Hall–Kier alpha value is -2.24. The number of piperidine rings is 1. The van der Waals surface area contributed by atoms with Gasteiger partial charge in [0.25, 0.3) is 0 Å². The number of benzene rings is 1. The van der Waals surface area contributed by atoms with E-state index in [0.717, 1.165) is 36.4 Å². The summed E-state index contributed by atoms with van der Waals surface area (Å²) in [6.07, 6.45) is 4.88. The molecule has 0 unspecified atom stereocenters. The molecule has 26 heavy (non-hydrogen) atoms. The lowest BCUT2D eigenvalue weighted by Gasteiger charge is -2.44. The summed E-state index contributed by atoms with van der Waals surface area (Å²) in [6, 6.07) is 5.79. The molecule has 1 aromatic rings. The van der Waals surface area contributed by atoms with Crippen molar-refractivity contribution in [2.45, 2.75) is 38.6 Å². The minimum Gasteiger partial charge on any atom is -0.486 e. The molecule has 4 bridgehead atoms. The summed E-state index contributed by atoms with van der Waals surface area (Å²) in [6.45, 7) is 6.48. The molecule has 2 aliphatic carbocycles. The highest BCUT2D eigenvalue weighted by molar-refractivity contribution is 5.88. The lowest BCUT2D eigenvalue weighted by atomic mass is 9.65. The van der Waals surface area contributed by atoms with Gasteiger partial charge < -0.3 is 15.2 Å². The molecular weight excluding hydrogens is 330 g/mol. The van der Waals surface area contributed by atoms with Crippen molar-refractivity contribution >= 4 is 12.1 Å². The van der Waals surface area contributed by atoms with Crippen molar-refractivity contribution in [1.82, 2.24) is 5.01 Å². The molecule has 5 rings (SSSR count).